The molecule has 0 aromatic heterocycles. The van der Waals surface area contributed by atoms with Crippen LogP contribution in [-0.2, 0) is 32.7 Å². The van der Waals surface area contributed by atoms with Gasteiger partial charge in [0, 0.05) is 19.4 Å². The van der Waals surface area contributed by atoms with E-state index in [1.807, 2.05) is 12.2 Å². The Bertz CT molecular complexity index is 1310. The van der Waals surface area contributed by atoms with Gasteiger partial charge in [0.15, 0.2) is 6.10 Å². The van der Waals surface area contributed by atoms with Crippen LogP contribution in [0.4, 0.5) is 0 Å². The van der Waals surface area contributed by atoms with Crippen LogP contribution < -0.4 is 5.32 Å². The van der Waals surface area contributed by atoms with Gasteiger partial charge in [-0.1, -0.05) is 149 Å². The minimum absolute atomic E-state index is 0.0411. The van der Waals surface area contributed by atoms with Crippen molar-refractivity contribution in [3.05, 3.63) is 109 Å². The van der Waals surface area contributed by atoms with Gasteiger partial charge in [-0.2, -0.15) is 0 Å². The quantitative estimate of drug-likeness (QED) is 0.0270. The molecule has 0 aliphatic rings. The van der Waals surface area contributed by atoms with Crippen molar-refractivity contribution < 1.29 is 37.6 Å². The average Bonchev–Trinajstić information content (AvgIpc) is 3.21. The Labute approximate surface area is 352 Å². The van der Waals surface area contributed by atoms with Crippen LogP contribution in [0.25, 0.3) is 0 Å². The smallest absolute Gasteiger partial charge is 0.462 e. The van der Waals surface area contributed by atoms with Gasteiger partial charge in [-0.05, 0) is 96.9 Å². The molecule has 2 N–H and O–H groups in total. The minimum Gasteiger partial charge on any atom is -0.462 e. The van der Waals surface area contributed by atoms with Gasteiger partial charge in [0.05, 0.1) is 13.2 Å². The van der Waals surface area contributed by atoms with Gasteiger partial charge in [0.2, 0.25) is 0 Å². The van der Waals surface area contributed by atoms with E-state index >= 15 is 0 Å². The third-order valence-electron chi connectivity index (χ3n) is 8.39. The number of likely N-dealkylation sites (N-methyl/N-ethyl adjacent to an activating group) is 1. The standard InChI is InChI=1S/C48H78NO8P/c1-4-6-8-10-12-14-16-18-20-22-23-25-27-29-31-33-35-37-39-41-48(51)57-46(45-56-58(52,53)55-43-42-49-3)44-54-47(50)40-38-36-34-32-30-28-26-24-21-19-17-15-13-11-9-7-5-2/h7,9,12-15,18-21,23,25-26,28-29,31,35,37,46,49H,4-6,8,10-11,16-17,22,24,27,30,32-34,36,38-45H2,1-3H3,(H,52,53)/b9-7-,14-12-,15-13-,20-18-,21-19-,25-23-,28-26-,31-29-,37-35-. The number of phosphoric acid groups is 1. The summed E-state index contributed by atoms with van der Waals surface area (Å²) in [6, 6.07) is 0. The van der Waals surface area contributed by atoms with Gasteiger partial charge < -0.3 is 19.7 Å². The Hall–Kier alpha value is -3.33. The van der Waals surface area contributed by atoms with Gasteiger partial charge in [0.25, 0.3) is 0 Å². The molecule has 0 aromatic rings. The third-order valence-corrected chi connectivity index (χ3v) is 9.37. The number of allylic oxidation sites excluding steroid dienone is 18. The number of hydrogen-bond acceptors (Lipinski definition) is 8. The second kappa shape index (κ2) is 43.3. The van der Waals surface area contributed by atoms with Gasteiger partial charge in [-0.15, -0.1) is 0 Å². The summed E-state index contributed by atoms with van der Waals surface area (Å²) < 4.78 is 33.1. The number of hydrogen-bond donors (Lipinski definition) is 2. The van der Waals surface area contributed by atoms with E-state index in [4.69, 9.17) is 18.5 Å². The third kappa shape index (κ3) is 42.3. The number of esters is 2. The zero-order chi connectivity index (χ0) is 42.5. The maximum atomic E-state index is 12.6. The highest BCUT2D eigenvalue weighted by Crippen LogP contribution is 2.43. The van der Waals surface area contributed by atoms with Crippen molar-refractivity contribution >= 4 is 19.8 Å². The first-order valence-electron chi connectivity index (χ1n) is 21.8. The molecule has 0 aliphatic heterocycles. The number of unbranched alkanes of at least 4 members (excludes halogenated alkanes) is 7. The normalized spacial score (nSPS) is 14.3. The first-order valence-corrected chi connectivity index (χ1v) is 23.3. The molecule has 0 bridgehead atoms. The highest BCUT2D eigenvalue weighted by atomic mass is 31.2. The van der Waals surface area contributed by atoms with Crippen molar-refractivity contribution in [3.8, 4) is 0 Å². The SMILES string of the molecule is CC/C=C\C/C=C\C/C=C\C/C=C\CCCCCCC(=O)OCC(COP(=O)(O)OCCNC)OC(=O)CC/C=C\C/C=C\C/C=C\C/C=C\C/C=C\CCCCC. The van der Waals surface area contributed by atoms with Crippen molar-refractivity contribution in [2.24, 2.45) is 0 Å². The summed E-state index contributed by atoms with van der Waals surface area (Å²) in [6.45, 7) is 3.94. The molecule has 0 rings (SSSR count). The van der Waals surface area contributed by atoms with E-state index in [2.05, 4.69) is 116 Å². The molecule has 0 saturated carbocycles. The molecule has 0 aliphatic carbocycles. The molecule has 0 heterocycles. The molecule has 0 spiro atoms. The molecular weight excluding hydrogens is 750 g/mol. The highest BCUT2D eigenvalue weighted by Gasteiger charge is 2.26. The lowest BCUT2D eigenvalue weighted by Crippen LogP contribution is -2.29. The summed E-state index contributed by atoms with van der Waals surface area (Å²) in [5, 5.41) is 2.81. The van der Waals surface area contributed by atoms with Crippen molar-refractivity contribution in [1.82, 2.24) is 5.32 Å². The van der Waals surface area contributed by atoms with Crippen molar-refractivity contribution in [3.63, 3.8) is 0 Å². The van der Waals surface area contributed by atoms with Gasteiger partial charge in [-0.3, -0.25) is 18.6 Å². The molecule has 9 nitrogen and oxygen atoms in total. The Morgan fingerprint density at radius 1 is 0.552 bits per heavy atom. The van der Waals surface area contributed by atoms with Crippen LogP contribution in [0.5, 0.6) is 0 Å². The molecule has 10 heteroatoms. The number of carbonyl (C=O) groups excluding carboxylic acids is 2. The maximum Gasteiger partial charge on any atom is 0.472 e. The first-order chi connectivity index (χ1) is 28.3. The second-order valence-corrected chi connectivity index (χ2v) is 15.2. The highest BCUT2D eigenvalue weighted by molar-refractivity contribution is 7.47. The van der Waals surface area contributed by atoms with Crippen LogP contribution in [0.3, 0.4) is 0 Å². The number of carbonyl (C=O) groups is 2. The topological polar surface area (TPSA) is 120 Å². The first kappa shape index (κ1) is 54.7. The van der Waals surface area contributed by atoms with Crippen molar-refractivity contribution in [2.45, 2.75) is 148 Å². The van der Waals surface area contributed by atoms with E-state index in [9.17, 15) is 19.0 Å². The second-order valence-electron chi connectivity index (χ2n) is 13.8. The Morgan fingerprint density at radius 2 is 1.02 bits per heavy atom. The van der Waals surface area contributed by atoms with Gasteiger partial charge in [-0.25, -0.2) is 4.57 Å². The molecule has 0 fully saturated rings. The summed E-state index contributed by atoms with van der Waals surface area (Å²) in [5.74, 6) is -0.943. The number of nitrogens with one attached hydrogen (secondary N) is 1. The molecule has 2 unspecified atom stereocenters. The molecular formula is C48H78NO8P. The maximum absolute atomic E-state index is 12.6. The van der Waals surface area contributed by atoms with Crippen LogP contribution in [0, 0.1) is 0 Å². The number of rotatable bonds is 39. The van der Waals surface area contributed by atoms with Crippen LogP contribution in [0.1, 0.15) is 142 Å². The largest absolute Gasteiger partial charge is 0.472 e. The lowest BCUT2D eigenvalue weighted by molar-refractivity contribution is -0.161. The van der Waals surface area contributed by atoms with E-state index in [1.165, 1.54) is 25.7 Å². The van der Waals surface area contributed by atoms with E-state index < -0.39 is 32.5 Å². The van der Waals surface area contributed by atoms with Crippen molar-refractivity contribution in [2.75, 3.05) is 33.4 Å². The minimum atomic E-state index is -4.38. The molecule has 58 heavy (non-hydrogen) atoms. The van der Waals surface area contributed by atoms with E-state index in [-0.39, 0.29) is 26.1 Å². The summed E-state index contributed by atoms with van der Waals surface area (Å²) in [6.07, 6.45) is 55.8. The summed E-state index contributed by atoms with van der Waals surface area (Å²) in [7, 11) is -2.70. The molecule has 0 saturated heterocycles. The summed E-state index contributed by atoms with van der Waals surface area (Å²) >= 11 is 0. The van der Waals surface area contributed by atoms with Gasteiger partial charge >= 0.3 is 19.8 Å². The molecule has 328 valence electrons. The van der Waals surface area contributed by atoms with Crippen molar-refractivity contribution in [1.29, 1.82) is 0 Å². The fourth-order valence-corrected chi connectivity index (χ4v) is 5.86. The average molecular weight is 828 g/mol. The molecule has 0 amide bonds. The summed E-state index contributed by atoms with van der Waals surface area (Å²) in [4.78, 5) is 35.0. The molecule has 2 atom stereocenters. The molecule has 0 radical (unpaired) electrons. The zero-order valence-electron chi connectivity index (χ0n) is 36.2. The van der Waals surface area contributed by atoms with Crippen LogP contribution in [-0.4, -0.2) is 56.3 Å². The zero-order valence-corrected chi connectivity index (χ0v) is 37.1. The number of phosphoric ester groups is 1. The summed E-state index contributed by atoms with van der Waals surface area (Å²) in [5.41, 5.74) is 0. The monoisotopic (exact) mass is 828 g/mol. The lowest BCUT2D eigenvalue weighted by atomic mass is 10.1. The Balaban J connectivity index is 4.42. The van der Waals surface area contributed by atoms with E-state index in [0.717, 1.165) is 77.0 Å². The predicted octanol–water partition coefficient (Wildman–Crippen LogP) is 12.6. The van der Waals surface area contributed by atoms with E-state index in [1.54, 1.807) is 7.05 Å². The van der Waals surface area contributed by atoms with Gasteiger partial charge in [0.1, 0.15) is 6.61 Å². The number of ether oxygens (including phenoxy) is 2. The Kier molecular flexibility index (Phi) is 40.8. The lowest BCUT2D eigenvalue weighted by Gasteiger charge is -2.19. The molecule has 0 aromatic carbocycles. The fourth-order valence-electron chi connectivity index (χ4n) is 5.11. The van der Waals surface area contributed by atoms with Crippen LogP contribution >= 0.6 is 7.82 Å². The van der Waals surface area contributed by atoms with E-state index in [0.29, 0.717) is 19.4 Å². The predicted molar refractivity (Wildman–Crippen MR) is 242 cm³/mol. The van der Waals surface area contributed by atoms with Crippen LogP contribution in [0.15, 0.2) is 109 Å². The Morgan fingerprint density at radius 3 is 1.52 bits per heavy atom. The van der Waals surface area contributed by atoms with Crippen LogP contribution in [0.2, 0.25) is 0 Å². The fraction of sp³-hybridized carbons (Fsp3) is 0.583.